The molecular formula is C15H30N2. The Morgan fingerprint density at radius 1 is 1.18 bits per heavy atom. The van der Waals surface area contributed by atoms with Crippen LogP contribution in [0.2, 0.25) is 0 Å². The number of nitrogens with zero attached hydrogens (tertiary/aromatic N) is 1. The Morgan fingerprint density at radius 2 is 2.00 bits per heavy atom. The van der Waals surface area contributed by atoms with Gasteiger partial charge in [-0.2, -0.15) is 0 Å². The SMILES string of the molecule is CCCNC(CN1CCC(CCC)C1)C1CC1. The molecule has 0 amide bonds. The van der Waals surface area contributed by atoms with Crippen molar-refractivity contribution < 1.29 is 0 Å². The average molecular weight is 238 g/mol. The number of rotatable bonds is 8. The first-order valence-electron chi connectivity index (χ1n) is 7.79. The summed E-state index contributed by atoms with van der Waals surface area (Å²) in [6, 6.07) is 0.787. The summed E-state index contributed by atoms with van der Waals surface area (Å²) in [6.45, 7) is 9.81. The summed E-state index contributed by atoms with van der Waals surface area (Å²) in [4.78, 5) is 2.71. The van der Waals surface area contributed by atoms with Crippen molar-refractivity contribution in [3.05, 3.63) is 0 Å². The van der Waals surface area contributed by atoms with Gasteiger partial charge in [0.05, 0.1) is 0 Å². The van der Waals surface area contributed by atoms with E-state index < -0.39 is 0 Å². The highest BCUT2D eigenvalue weighted by Crippen LogP contribution is 2.33. The minimum Gasteiger partial charge on any atom is -0.312 e. The van der Waals surface area contributed by atoms with E-state index in [9.17, 15) is 0 Å². The van der Waals surface area contributed by atoms with E-state index in [1.165, 1.54) is 64.7 Å². The number of hydrogen-bond acceptors (Lipinski definition) is 2. The zero-order chi connectivity index (χ0) is 12.1. The molecule has 0 spiro atoms. The second kappa shape index (κ2) is 6.75. The summed E-state index contributed by atoms with van der Waals surface area (Å²) in [6.07, 6.45) is 8.44. The molecule has 2 unspecified atom stereocenters. The molecule has 1 aliphatic heterocycles. The van der Waals surface area contributed by atoms with Crippen molar-refractivity contribution in [2.75, 3.05) is 26.2 Å². The monoisotopic (exact) mass is 238 g/mol. The molecule has 0 radical (unpaired) electrons. The van der Waals surface area contributed by atoms with Crippen molar-refractivity contribution in [1.82, 2.24) is 10.2 Å². The third kappa shape index (κ3) is 4.26. The lowest BCUT2D eigenvalue weighted by Gasteiger charge is -2.24. The molecule has 100 valence electrons. The van der Waals surface area contributed by atoms with Crippen LogP contribution in [0.15, 0.2) is 0 Å². The summed E-state index contributed by atoms with van der Waals surface area (Å²) < 4.78 is 0. The second-order valence-electron chi connectivity index (χ2n) is 6.10. The Bertz CT molecular complexity index is 213. The van der Waals surface area contributed by atoms with Crippen LogP contribution in [0, 0.1) is 11.8 Å². The van der Waals surface area contributed by atoms with Crippen LogP contribution in [0.3, 0.4) is 0 Å². The van der Waals surface area contributed by atoms with Crippen LogP contribution in [0.25, 0.3) is 0 Å². The summed E-state index contributed by atoms with van der Waals surface area (Å²) in [5.74, 6) is 1.98. The molecule has 2 fully saturated rings. The van der Waals surface area contributed by atoms with Crippen LogP contribution >= 0.6 is 0 Å². The molecular weight excluding hydrogens is 208 g/mol. The van der Waals surface area contributed by atoms with Gasteiger partial charge in [0.15, 0.2) is 0 Å². The summed E-state index contributed by atoms with van der Waals surface area (Å²) in [7, 11) is 0. The molecule has 1 aliphatic carbocycles. The van der Waals surface area contributed by atoms with Gasteiger partial charge in [0.1, 0.15) is 0 Å². The van der Waals surface area contributed by atoms with E-state index in [1.54, 1.807) is 0 Å². The zero-order valence-corrected chi connectivity index (χ0v) is 11.8. The highest BCUT2D eigenvalue weighted by Gasteiger charge is 2.33. The maximum atomic E-state index is 3.76. The quantitative estimate of drug-likeness (QED) is 0.699. The van der Waals surface area contributed by atoms with E-state index in [0.29, 0.717) is 0 Å². The normalized spacial score (nSPS) is 27.5. The minimum absolute atomic E-state index is 0.787. The summed E-state index contributed by atoms with van der Waals surface area (Å²) in [5.41, 5.74) is 0. The number of likely N-dealkylation sites (tertiary alicyclic amines) is 1. The van der Waals surface area contributed by atoms with Gasteiger partial charge in [0, 0.05) is 19.1 Å². The molecule has 2 nitrogen and oxygen atoms in total. The first kappa shape index (κ1) is 13.4. The average Bonchev–Trinajstić information content (AvgIpc) is 3.08. The van der Waals surface area contributed by atoms with Crippen molar-refractivity contribution >= 4 is 0 Å². The smallest absolute Gasteiger partial charge is 0.0223 e. The van der Waals surface area contributed by atoms with Gasteiger partial charge < -0.3 is 10.2 Å². The molecule has 2 heteroatoms. The van der Waals surface area contributed by atoms with E-state index in [4.69, 9.17) is 0 Å². The van der Waals surface area contributed by atoms with Gasteiger partial charge in [0.2, 0.25) is 0 Å². The van der Waals surface area contributed by atoms with E-state index in [2.05, 4.69) is 24.1 Å². The van der Waals surface area contributed by atoms with Crippen LogP contribution < -0.4 is 5.32 Å². The summed E-state index contributed by atoms with van der Waals surface area (Å²) in [5, 5.41) is 3.76. The molecule has 1 N–H and O–H groups in total. The van der Waals surface area contributed by atoms with Crippen molar-refractivity contribution in [3.8, 4) is 0 Å². The van der Waals surface area contributed by atoms with E-state index in [0.717, 1.165) is 17.9 Å². The first-order valence-corrected chi connectivity index (χ1v) is 7.79. The fraction of sp³-hybridized carbons (Fsp3) is 1.00. The molecule has 2 rings (SSSR count). The van der Waals surface area contributed by atoms with Crippen LogP contribution in [0.1, 0.15) is 52.4 Å². The van der Waals surface area contributed by atoms with E-state index in [-0.39, 0.29) is 0 Å². The van der Waals surface area contributed by atoms with E-state index >= 15 is 0 Å². The Kier molecular flexibility index (Phi) is 5.30. The number of nitrogens with one attached hydrogen (secondary N) is 1. The highest BCUT2D eigenvalue weighted by molar-refractivity contribution is 4.90. The minimum atomic E-state index is 0.787. The van der Waals surface area contributed by atoms with Crippen molar-refractivity contribution in [1.29, 1.82) is 0 Å². The van der Waals surface area contributed by atoms with Gasteiger partial charge in [-0.25, -0.2) is 0 Å². The maximum Gasteiger partial charge on any atom is 0.0223 e. The van der Waals surface area contributed by atoms with Crippen molar-refractivity contribution in [2.45, 2.75) is 58.4 Å². The molecule has 0 aromatic rings. The fourth-order valence-corrected chi connectivity index (χ4v) is 3.21. The molecule has 1 saturated heterocycles. The molecule has 17 heavy (non-hydrogen) atoms. The van der Waals surface area contributed by atoms with Gasteiger partial charge in [-0.1, -0.05) is 20.3 Å². The standard InChI is InChI=1S/C15H30N2/c1-3-5-13-8-10-17(11-13)12-15(14-6-7-14)16-9-4-2/h13-16H,3-12H2,1-2H3. The molecule has 2 aliphatic rings. The van der Waals surface area contributed by atoms with E-state index in [1.807, 2.05) is 0 Å². The molecule has 0 aromatic carbocycles. The van der Waals surface area contributed by atoms with Gasteiger partial charge in [0.25, 0.3) is 0 Å². The van der Waals surface area contributed by atoms with Gasteiger partial charge >= 0.3 is 0 Å². The third-order valence-electron chi connectivity index (χ3n) is 4.37. The van der Waals surface area contributed by atoms with Crippen LogP contribution in [0.4, 0.5) is 0 Å². The molecule has 2 atom stereocenters. The summed E-state index contributed by atoms with van der Waals surface area (Å²) >= 11 is 0. The highest BCUT2D eigenvalue weighted by atomic mass is 15.2. The molecule has 1 heterocycles. The zero-order valence-electron chi connectivity index (χ0n) is 11.8. The van der Waals surface area contributed by atoms with Gasteiger partial charge in [-0.15, -0.1) is 0 Å². The molecule has 0 bridgehead atoms. The second-order valence-corrected chi connectivity index (χ2v) is 6.10. The lowest BCUT2D eigenvalue weighted by molar-refractivity contribution is 0.265. The molecule has 0 aromatic heterocycles. The first-order chi connectivity index (χ1) is 8.33. The van der Waals surface area contributed by atoms with Crippen LogP contribution in [-0.2, 0) is 0 Å². The Balaban J connectivity index is 1.70. The van der Waals surface area contributed by atoms with Crippen molar-refractivity contribution in [2.24, 2.45) is 11.8 Å². The predicted octanol–water partition coefficient (Wildman–Crippen LogP) is 2.89. The predicted molar refractivity (Wildman–Crippen MR) is 74.3 cm³/mol. The lowest BCUT2D eigenvalue weighted by Crippen LogP contribution is -2.42. The van der Waals surface area contributed by atoms with Crippen molar-refractivity contribution in [3.63, 3.8) is 0 Å². The Labute approximate surface area is 107 Å². The van der Waals surface area contributed by atoms with Crippen LogP contribution in [0.5, 0.6) is 0 Å². The third-order valence-corrected chi connectivity index (χ3v) is 4.37. The lowest BCUT2D eigenvalue weighted by atomic mass is 10.0. The Morgan fingerprint density at radius 3 is 2.65 bits per heavy atom. The molecule has 1 saturated carbocycles. The maximum absolute atomic E-state index is 3.76. The number of hydrogen-bond donors (Lipinski definition) is 1. The van der Waals surface area contributed by atoms with Gasteiger partial charge in [-0.05, 0) is 57.0 Å². The fourth-order valence-electron chi connectivity index (χ4n) is 3.21. The largest absolute Gasteiger partial charge is 0.312 e. The van der Waals surface area contributed by atoms with Crippen LogP contribution in [-0.4, -0.2) is 37.1 Å². The van der Waals surface area contributed by atoms with Gasteiger partial charge in [-0.3, -0.25) is 0 Å². The Hall–Kier alpha value is -0.0800. The topological polar surface area (TPSA) is 15.3 Å².